The Balaban J connectivity index is 1.90. The van der Waals surface area contributed by atoms with Crippen LogP contribution in [0.25, 0.3) is 0 Å². The standard InChI is InChI=1S/C20H28O3/c1-12-9-20-10-13(12)5-6-15(20)18(2)7-4-8-19(3,17(22)23)16(18)14(20)11-21/h11,13-16H,1,4-10H2,2-3H3,(H,22,23)/t13-,14-,15-,16?,18-,19+,20+/m0/s1. The molecule has 4 fully saturated rings. The van der Waals surface area contributed by atoms with Crippen molar-refractivity contribution in [1.29, 1.82) is 0 Å². The van der Waals surface area contributed by atoms with Crippen molar-refractivity contribution in [3.63, 3.8) is 0 Å². The summed E-state index contributed by atoms with van der Waals surface area (Å²) < 4.78 is 0. The third kappa shape index (κ3) is 1.62. The van der Waals surface area contributed by atoms with Crippen LogP contribution in [0.15, 0.2) is 12.2 Å². The van der Waals surface area contributed by atoms with Crippen LogP contribution in [0.4, 0.5) is 0 Å². The van der Waals surface area contributed by atoms with E-state index in [0.717, 1.165) is 38.4 Å². The van der Waals surface area contributed by atoms with E-state index in [1.165, 1.54) is 12.0 Å². The zero-order valence-electron chi connectivity index (χ0n) is 14.3. The van der Waals surface area contributed by atoms with Crippen molar-refractivity contribution in [2.24, 2.45) is 39.9 Å². The molecule has 0 radical (unpaired) electrons. The molecule has 0 aliphatic heterocycles. The van der Waals surface area contributed by atoms with Gasteiger partial charge in [0.1, 0.15) is 6.29 Å². The van der Waals surface area contributed by atoms with E-state index in [-0.39, 0.29) is 22.7 Å². The van der Waals surface area contributed by atoms with Crippen molar-refractivity contribution in [3.05, 3.63) is 12.2 Å². The van der Waals surface area contributed by atoms with Crippen molar-refractivity contribution in [2.45, 2.75) is 58.8 Å². The molecule has 4 aliphatic rings. The number of rotatable bonds is 2. The number of aldehydes is 1. The van der Waals surface area contributed by atoms with E-state index in [2.05, 4.69) is 13.5 Å². The summed E-state index contributed by atoms with van der Waals surface area (Å²) in [4.78, 5) is 24.4. The molecule has 0 amide bonds. The average molecular weight is 316 g/mol. The fourth-order valence-corrected chi connectivity index (χ4v) is 7.80. The highest BCUT2D eigenvalue weighted by molar-refractivity contribution is 5.76. The maximum atomic E-state index is 12.2. The summed E-state index contributed by atoms with van der Waals surface area (Å²) in [7, 11) is 0. The molecule has 7 atom stereocenters. The highest BCUT2D eigenvalue weighted by Gasteiger charge is 2.73. The first-order chi connectivity index (χ1) is 10.8. The molecule has 4 rings (SSSR count). The van der Waals surface area contributed by atoms with Crippen molar-refractivity contribution >= 4 is 12.3 Å². The summed E-state index contributed by atoms with van der Waals surface area (Å²) in [6.07, 6.45) is 8.25. The summed E-state index contributed by atoms with van der Waals surface area (Å²) in [5.41, 5.74) is 0.553. The number of hydrogen-bond donors (Lipinski definition) is 1. The molecule has 0 heterocycles. The number of fused-ring (bicyclic) bond motifs is 3. The van der Waals surface area contributed by atoms with Crippen LogP contribution in [0.1, 0.15) is 58.8 Å². The number of carbonyl (C=O) groups is 2. The van der Waals surface area contributed by atoms with Gasteiger partial charge in [-0.2, -0.15) is 0 Å². The van der Waals surface area contributed by atoms with Crippen LogP contribution < -0.4 is 0 Å². The average Bonchev–Trinajstić information content (AvgIpc) is 2.87. The van der Waals surface area contributed by atoms with E-state index >= 15 is 0 Å². The molecule has 3 heteroatoms. The molecule has 2 bridgehead atoms. The number of carboxylic acids is 1. The predicted molar refractivity (Wildman–Crippen MR) is 87.8 cm³/mol. The molecule has 1 N–H and O–H groups in total. The summed E-state index contributed by atoms with van der Waals surface area (Å²) in [6, 6.07) is 0. The molecule has 3 nitrogen and oxygen atoms in total. The Bertz CT molecular complexity index is 596. The third-order valence-corrected chi connectivity index (χ3v) is 8.52. The van der Waals surface area contributed by atoms with Crippen LogP contribution in [0.2, 0.25) is 0 Å². The van der Waals surface area contributed by atoms with E-state index in [1.807, 2.05) is 6.92 Å². The van der Waals surface area contributed by atoms with Crippen molar-refractivity contribution in [1.82, 2.24) is 0 Å². The van der Waals surface area contributed by atoms with Crippen molar-refractivity contribution < 1.29 is 14.7 Å². The van der Waals surface area contributed by atoms with Gasteiger partial charge in [0, 0.05) is 5.92 Å². The maximum Gasteiger partial charge on any atom is 0.309 e. The zero-order chi connectivity index (χ0) is 16.6. The molecule has 23 heavy (non-hydrogen) atoms. The Hall–Kier alpha value is -1.12. The van der Waals surface area contributed by atoms with Gasteiger partial charge >= 0.3 is 5.97 Å². The summed E-state index contributed by atoms with van der Waals surface area (Å²) in [6.45, 7) is 8.51. The first kappa shape index (κ1) is 15.4. The van der Waals surface area contributed by atoms with Gasteiger partial charge in [-0.05, 0) is 74.0 Å². The molecule has 0 saturated heterocycles. The second-order valence-corrected chi connectivity index (χ2v) is 9.32. The Labute approximate surface area is 138 Å². The van der Waals surface area contributed by atoms with E-state index in [4.69, 9.17) is 0 Å². The second-order valence-electron chi connectivity index (χ2n) is 9.32. The number of carbonyl (C=O) groups excluding carboxylic acids is 1. The molecule has 0 aromatic rings. The number of aliphatic carboxylic acids is 1. The summed E-state index contributed by atoms with van der Waals surface area (Å²) in [5, 5.41) is 9.99. The summed E-state index contributed by atoms with van der Waals surface area (Å²) in [5.74, 6) is 0.219. The molecular formula is C20H28O3. The zero-order valence-corrected chi connectivity index (χ0v) is 14.3. The van der Waals surface area contributed by atoms with Crippen LogP contribution in [-0.4, -0.2) is 17.4 Å². The lowest BCUT2D eigenvalue weighted by molar-refractivity contribution is -0.161. The Morgan fingerprint density at radius 2 is 2.04 bits per heavy atom. The Kier molecular flexibility index (Phi) is 3.01. The van der Waals surface area contributed by atoms with Crippen LogP contribution in [0, 0.1) is 39.9 Å². The van der Waals surface area contributed by atoms with Gasteiger partial charge in [-0.25, -0.2) is 0 Å². The number of allylic oxidation sites excluding steroid dienone is 1. The largest absolute Gasteiger partial charge is 0.481 e. The first-order valence-electron chi connectivity index (χ1n) is 9.16. The predicted octanol–water partition coefficient (Wildman–Crippen LogP) is 4.08. The van der Waals surface area contributed by atoms with E-state index < -0.39 is 11.4 Å². The number of carboxylic acid groups (broad SMARTS) is 1. The molecule has 1 spiro atoms. The monoisotopic (exact) mass is 316 g/mol. The Morgan fingerprint density at radius 3 is 2.70 bits per heavy atom. The van der Waals surface area contributed by atoms with Crippen LogP contribution in [0.3, 0.4) is 0 Å². The smallest absolute Gasteiger partial charge is 0.309 e. The van der Waals surface area contributed by atoms with Crippen molar-refractivity contribution in [2.75, 3.05) is 0 Å². The minimum absolute atomic E-state index is 0.00220. The Morgan fingerprint density at radius 1 is 1.30 bits per heavy atom. The first-order valence-corrected chi connectivity index (χ1v) is 9.16. The van der Waals surface area contributed by atoms with Crippen molar-refractivity contribution in [3.8, 4) is 0 Å². The third-order valence-electron chi connectivity index (χ3n) is 8.52. The highest BCUT2D eigenvalue weighted by atomic mass is 16.4. The quantitative estimate of drug-likeness (QED) is 0.617. The lowest BCUT2D eigenvalue weighted by Gasteiger charge is -2.50. The van der Waals surface area contributed by atoms with Gasteiger partial charge in [-0.15, -0.1) is 0 Å². The van der Waals surface area contributed by atoms with Gasteiger partial charge < -0.3 is 9.90 Å². The molecule has 4 saturated carbocycles. The highest BCUT2D eigenvalue weighted by Crippen LogP contribution is 2.77. The van der Waals surface area contributed by atoms with Gasteiger partial charge in [-0.1, -0.05) is 25.5 Å². The topological polar surface area (TPSA) is 54.4 Å². The molecule has 4 aliphatic carbocycles. The molecule has 0 aromatic carbocycles. The van der Waals surface area contributed by atoms with Gasteiger partial charge in [0.25, 0.3) is 0 Å². The lowest BCUT2D eigenvalue weighted by atomic mass is 9.53. The van der Waals surface area contributed by atoms with Gasteiger partial charge in [-0.3, -0.25) is 4.79 Å². The van der Waals surface area contributed by atoms with E-state index in [1.54, 1.807) is 0 Å². The normalized spacial score (nSPS) is 54.4. The van der Waals surface area contributed by atoms with Gasteiger partial charge in [0.05, 0.1) is 5.41 Å². The van der Waals surface area contributed by atoms with E-state index in [0.29, 0.717) is 18.3 Å². The number of hydrogen-bond acceptors (Lipinski definition) is 2. The maximum absolute atomic E-state index is 12.2. The fraction of sp³-hybridized carbons (Fsp3) is 0.800. The lowest BCUT2D eigenvalue weighted by Crippen LogP contribution is -2.49. The molecule has 126 valence electrons. The van der Waals surface area contributed by atoms with E-state index in [9.17, 15) is 14.7 Å². The van der Waals surface area contributed by atoms with Crippen LogP contribution in [0.5, 0.6) is 0 Å². The minimum atomic E-state index is -0.760. The minimum Gasteiger partial charge on any atom is -0.481 e. The fourth-order valence-electron chi connectivity index (χ4n) is 7.80. The van der Waals surface area contributed by atoms with Gasteiger partial charge in [0.15, 0.2) is 0 Å². The summed E-state index contributed by atoms with van der Waals surface area (Å²) >= 11 is 0. The molecule has 1 unspecified atom stereocenters. The second kappa shape index (κ2) is 4.49. The van der Waals surface area contributed by atoms with Gasteiger partial charge in [0.2, 0.25) is 0 Å². The van der Waals surface area contributed by atoms with Crippen LogP contribution in [-0.2, 0) is 9.59 Å². The molecular weight excluding hydrogens is 288 g/mol. The SMILES string of the molecule is C=C1C[C@]23C[C@@H]1CC[C@H]2[C@]1(C)CCC[C@@](C)(C(=O)O)C1[C@@H]3C=O. The van der Waals surface area contributed by atoms with Crippen LogP contribution >= 0.6 is 0 Å². The molecule has 0 aromatic heterocycles.